The highest BCUT2D eigenvalue weighted by Crippen LogP contribution is 2.14. The maximum atomic E-state index is 12.4. The molecule has 0 unspecified atom stereocenters. The van der Waals surface area contributed by atoms with Gasteiger partial charge >= 0.3 is 0 Å². The average Bonchev–Trinajstić information content (AvgIpc) is 2.83. The fourth-order valence-corrected chi connectivity index (χ4v) is 2.08. The van der Waals surface area contributed by atoms with E-state index < -0.39 is 11.5 Å². The van der Waals surface area contributed by atoms with Crippen LogP contribution in [0.5, 0.6) is 0 Å². The molecule has 7 heteroatoms. The predicted molar refractivity (Wildman–Crippen MR) is 73.8 cm³/mol. The fourth-order valence-electron chi connectivity index (χ4n) is 2.08. The predicted octanol–water partition coefficient (Wildman–Crippen LogP) is 0.824. The molecule has 0 fully saturated rings. The topological polar surface area (TPSA) is 95.8 Å². The summed E-state index contributed by atoms with van der Waals surface area (Å²) in [6, 6.07) is 9.21. The number of imidazole rings is 1. The second-order valence-corrected chi connectivity index (χ2v) is 4.25. The maximum Gasteiger partial charge on any atom is 0.288 e. The number of anilines is 1. The minimum absolute atomic E-state index is 0.159. The summed E-state index contributed by atoms with van der Waals surface area (Å²) in [5, 5.41) is 0. The van der Waals surface area contributed by atoms with Crippen molar-refractivity contribution < 1.29 is 4.79 Å². The lowest BCUT2D eigenvalue weighted by Crippen LogP contribution is -2.29. The van der Waals surface area contributed by atoms with Gasteiger partial charge in [-0.3, -0.25) is 14.2 Å². The number of para-hydroxylation sites is 1. The number of hydrogen-bond donors (Lipinski definition) is 1. The number of fused-ring (bicyclic) bond motifs is 1. The van der Waals surface area contributed by atoms with Crippen molar-refractivity contribution in [3.63, 3.8) is 0 Å². The Hall–Kier alpha value is -2.96. The van der Waals surface area contributed by atoms with Crippen LogP contribution in [0.1, 0.15) is 11.7 Å². The fraction of sp³-hybridized carbons (Fsp3) is 0.0769. The molecule has 2 aromatic heterocycles. The zero-order valence-electron chi connectivity index (χ0n) is 10.6. The first-order valence-electron chi connectivity index (χ1n) is 5.91. The standard InChI is InChI=1S/C13H11N5O2/c1-8(19)18-12(20)10-11(16-13(18)14)15-7-17(10)9-5-3-2-4-6-9/h2-7H,1H3,(H2,14,16). The van der Waals surface area contributed by atoms with E-state index in [-0.39, 0.29) is 17.1 Å². The van der Waals surface area contributed by atoms with Crippen LogP contribution >= 0.6 is 0 Å². The number of aromatic nitrogens is 4. The van der Waals surface area contributed by atoms with Crippen LogP contribution in [0.3, 0.4) is 0 Å². The van der Waals surface area contributed by atoms with E-state index in [0.29, 0.717) is 0 Å². The molecule has 20 heavy (non-hydrogen) atoms. The van der Waals surface area contributed by atoms with Crippen LogP contribution in [-0.2, 0) is 0 Å². The summed E-state index contributed by atoms with van der Waals surface area (Å²) in [5.41, 5.74) is 6.29. The smallest absolute Gasteiger partial charge is 0.288 e. The summed E-state index contributed by atoms with van der Waals surface area (Å²) in [7, 11) is 0. The third kappa shape index (κ3) is 1.68. The van der Waals surface area contributed by atoms with Gasteiger partial charge in [-0.2, -0.15) is 4.98 Å². The Labute approximate surface area is 113 Å². The largest absolute Gasteiger partial charge is 0.369 e. The SMILES string of the molecule is CC(=O)n1c(N)nc2ncn(-c3ccccc3)c2c1=O. The first-order chi connectivity index (χ1) is 9.59. The molecule has 0 amide bonds. The van der Waals surface area contributed by atoms with Crippen LogP contribution in [0.15, 0.2) is 41.5 Å². The van der Waals surface area contributed by atoms with Gasteiger partial charge in [0.05, 0.1) is 0 Å². The van der Waals surface area contributed by atoms with Crippen molar-refractivity contribution in [1.29, 1.82) is 0 Å². The third-order valence-electron chi connectivity index (χ3n) is 2.95. The van der Waals surface area contributed by atoms with Crippen molar-refractivity contribution >= 4 is 23.0 Å². The number of nitrogens with zero attached hydrogens (tertiary/aromatic N) is 4. The van der Waals surface area contributed by atoms with Gasteiger partial charge in [0.1, 0.15) is 6.33 Å². The molecule has 0 radical (unpaired) electrons. The molecule has 0 saturated carbocycles. The minimum Gasteiger partial charge on any atom is -0.369 e. The van der Waals surface area contributed by atoms with Gasteiger partial charge in [0.15, 0.2) is 11.2 Å². The highest BCUT2D eigenvalue weighted by atomic mass is 16.2. The van der Waals surface area contributed by atoms with Gasteiger partial charge in [-0.15, -0.1) is 0 Å². The number of carbonyl (C=O) groups is 1. The monoisotopic (exact) mass is 269 g/mol. The summed E-state index contributed by atoms with van der Waals surface area (Å²) >= 11 is 0. The molecule has 7 nitrogen and oxygen atoms in total. The number of nitrogens with two attached hydrogens (primary N) is 1. The van der Waals surface area contributed by atoms with Gasteiger partial charge in [-0.25, -0.2) is 9.55 Å². The van der Waals surface area contributed by atoms with Crippen LogP contribution in [0.4, 0.5) is 5.95 Å². The van der Waals surface area contributed by atoms with E-state index in [4.69, 9.17) is 5.73 Å². The molecular formula is C13H11N5O2. The molecule has 0 saturated heterocycles. The number of nitrogen functional groups attached to an aromatic ring is 1. The lowest BCUT2D eigenvalue weighted by molar-refractivity contribution is 0.0934. The normalized spacial score (nSPS) is 10.8. The highest BCUT2D eigenvalue weighted by molar-refractivity contribution is 5.83. The van der Waals surface area contributed by atoms with Gasteiger partial charge in [0, 0.05) is 12.6 Å². The maximum absolute atomic E-state index is 12.4. The first kappa shape index (κ1) is 12.1. The summed E-state index contributed by atoms with van der Waals surface area (Å²) in [6.07, 6.45) is 1.48. The number of carbonyl (C=O) groups excluding carboxylic acids is 1. The van der Waals surface area contributed by atoms with E-state index in [2.05, 4.69) is 9.97 Å². The summed E-state index contributed by atoms with van der Waals surface area (Å²) in [6.45, 7) is 1.26. The molecule has 0 atom stereocenters. The van der Waals surface area contributed by atoms with E-state index in [0.717, 1.165) is 10.3 Å². The molecule has 0 spiro atoms. The van der Waals surface area contributed by atoms with Crippen molar-refractivity contribution in [2.45, 2.75) is 6.92 Å². The third-order valence-corrected chi connectivity index (χ3v) is 2.95. The van der Waals surface area contributed by atoms with E-state index >= 15 is 0 Å². The summed E-state index contributed by atoms with van der Waals surface area (Å²) in [5.74, 6) is -0.643. The van der Waals surface area contributed by atoms with Crippen LogP contribution in [0.25, 0.3) is 16.9 Å². The highest BCUT2D eigenvalue weighted by Gasteiger charge is 2.16. The Morgan fingerprint density at radius 3 is 2.60 bits per heavy atom. The molecular weight excluding hydrogens is 258 g/mol. The lowest BCUT2D eigenvalue weighted by Gasteiger charge is -2.06. The Bertz CT molecular complexity index is 864. The summed E-state index contributed by atoms with van der Waals surface area (Å²) in [4.78, 5) is 32.0. The van der Waals surface area contributed by atoms with Crippen molar-refractivity contribution in [1.82, 2.24) is 19.1 Å². The first-order valence-corrected chi connectivity index (χ1v) is 5.91. The summed E-state index contributed by atoms with van der Waals surface area (Å²) < 4.78 is 2.42. The molecule has 100 valence electrons. The van der Waals surface area contributed by atoms with Gasteiger partial charge in [-0.1, -0.05) is 18.2 Å². The molecule has 3 aromatic rings. The number of benzene rings is 1. The second-order valence-electron chi connectivity index (χ2n) is 4.25. The Balaban J connectivity index is 2.41. The van der Waals surface area contributed by atoms with E-state index in [1.54, 1.807) is 4.57 Å². The Morgan fingerprint density at radius 1 is 1.25 bits per heavy atom. The van der Waals surface area contributed by atoms with E-state index in [9.17, 15) is 9.59 Å². The quantitative estimate of drug-likeness (QED) is 0.705. The molecule has 0 aliphatic heterocycles. The molecule has 0 aliphatic carbocycles. The average molecular weight is 269 g/mol. The van der Waals surface area contributed by atoms with Crippen molar-refractivity contribution in [3.8, 4) is 5.69 Å². The van der Waals surface area contributed by atoms with Crippen molar-refractivity contribution in [3.05, 3.63) is 47.0 Å². The second kappa shape index (κ2) is 4.30. The van der Waals surface area contributed by atoms with E-state index in [1.807, 2.05) is 30.3 Å². The zero-order chi connectivity index (χ0) is 14.3. The number of rotatable bonds is 1. The van der Waals surface area contributed by atoms with E-state index in [1.165, 1.54) is 13.3 Å². The van der Waals surface area contributed by atoms with Crippen molar-refractivity contribution in [2.75, 3.05) is 5.73 Å². The molecule has 0 aliphatic rings. The Kier molecular flexibility index (Phi) is 2.60. The molecule has 2 heterocycles. The number of hydrogen-bond acceptors (Lipinski definition) is 5. The van der Waals surface area contributed by atoms with Crippen LogP contribution in [-0.4, -0.2) is 25.0 Å². The van der Waals surface area contributed by atoms with Gasteiger partial charge in [0.2, 0.25) is 11.9 Å². The lowest BCUT2D eigenvalue weighted by atomic mass is 10.3. The molecule has 1 aromatic carbocycles. The zero-order valence-corrected chi connectivity index (χ0v) is 10.6. The van der Waals surface area contributed by atoms with Crippen molar-refractivity contribution in [2.24, 2.45) is 0 Å². The van der Waals surface area contributed by atoms with Gasteiger partial charge in [-0.05, 0) is 12.1 Å². The molecule has 2 N–H and O–H groups in total. The molecule has 3 rings (SSSR count). The van der Waals surface area contributed by atoms with Crippen LogP contribution in [0, 0.1) is 0 Å². The molecule has 0 bridgehead atoms. The Morgan fingerprint density at radius 2 is 1.95 bits per heavy atom. The van der Waals surface area contributed by atoms with Gasteiger partial charge < -0.3 is 5.73 Å². The van der Waals surface area contributed by atoms with Gasteiger partial charge in [0.25, 0.3) is 5.56 Å². The van der Waals surface area contributed by atoms with Crippen LogP contribution in [0.2, 0.25) is 0 Å². The minimum atomic E-state index is -0.527. The van der Waals surface area contributed by atoms with Crippen LogP contribution < -0.4 is 11.3 Å².